The second-order valence-corrected chi connectivity index (χ2v) is 12.5. The van der Waals surface area contributed by atoms with Crippen molar-refractivity contribution in [2.75, 3.05) is 0 Å². The van der Waals surface area contributed by atoms with Gasteiger partial charge in [0.05, 0.1) is 11.4 Å². The van der Waals surface area contributed by atoms with Gasteiger partial charge >= 0.3 is 0 Å². The Bertz CT molecular complexity index is 2030. The third-order valence-corrected chi connectivity index (χ3v) is 9.81. The summed E-state index contributed by atoms with van der Waals surface area (Å²) in [6.07, 6.45) is 6.12. The molecule has 7 aromatic rings. The monoisotopic (exact) mass is 592 g/mol. The van der Waals surface area contributed by atoms with Gasteiger partial charge in [0.2, 0.25) is 0 Å². The van der Waals surface area contributed by atoms with E-state index in [1.54, 1.807) is 0 Å². The number of nitrogens with zero attached hydrogens (tertiary/aromatic N) is 2. The Labute approximate surface area is 271 Å². The van der Waals surface area contributed by atoms with Crippen molar-refractivity contribution in [3.8, 4) is 45.0 Å². The summed E-state index contributed by atoms with van der Waals surface area (Å²) in [5.74, 6) is 0.754. The van der Waals surface area contributed by atoms with Crippen molar-refractivity contribution in [1.82, 2.24) is 9.97 Å². The minimum atomic E-state index is 0.00993. The Kier molecular flexibility index (Phi) is 7.48. The summed E-state index contributed by atoms with van der Waals surface area (Å²) in [5.41, 5.74) is 10.5. The minimum absolute atomic E-state index is 0.00993. The fourth-order valence-corrected chi connectivity index (χ4v) is 7.37. The van der Waals surface area contributed by atoms with Crippen molar-refractivity contribution in [3.63, 3.8) is 0 Å². The normalized spacial score (nSPS) is 14.3. The molecule has 1 aliphatic carbocycles. The molecule has 0 spiro atoms. The lowest BCUT2D eigenvalue weighted by Crippen LogP contribution is -2.30. The van der Waals surface area contributed by atoms with E-state index in [0.717, 1.165) is 46.7 Å². The average Bonchev–Trinajstić information content (AvgIpc) is 3.15. The van der Waals surface area contributed by atoms with Gasteiger partial charge in [-0.05, 0) is 51.9 Å². The van der Waals surface area contributed by atoms with Gasteiger partial charge in [0.15, 0.2) is 5.82 Å². The summed E-state index contributed by atoms with van der Waals surface area (Å²) in [5, 5.41) is 2.58. The third kappa shape index (κ3) is 5.31. The molecule has 8 rings (SSSR count). The highest BCUT2D eigenvalue weighted by Gasteiger charge is 2.35. The molecule has 1 aliphatic rings. The summed E-state index contributed by atoms with van der Waals surface area (Å²) in [6.45, 7) is 0. The maximum absolute atomic E-state index is 5.07. The lowest BCUT2D eigenvalue weighted by atomic mass is 9.65. The summed E-state index contributed by atoms with van der Waals surface area (Å²) in [6, 6.07) is 56.7. The van der Waals surface area contributed by atoms with Crippen molar-refractivity contribution >= 4 is 10.8 Å². The first-order valence-corrected chi connectivity index (χ1v) is 16.5. The molecule has 6 aromatic carbocycles. The van der Waals surface area contributed by atoms with Gasteiger partial charge in [0.25, 0.3) is 0 Å². The van der Waals surface area contributed by atoms with E-state index in [0.29, 0.717) is 0 Å². The Morgan fingerprint density at radius 2 is 0.935 bits per heavy atom. The molecule has 0 N–H and O–H groups in total. The van der Waals surface area contributed by atoms with Crippen LogP contribution in [0, 0.1) is 0 Å². The molecular formula is C44H36N2. The first-order chi connectivity index (χ1) is 22.8. The first kappa shape index (κ1) is 28.2. The maximum atomic E-state index is 5.07. The Balaban J connectivity index is 1.16. The first-order valence-electron chi connectivity index (χ1n) is 16.5. The lowest BCUT2D eigenvalue weighted by Gasteiger charge is -2.39. The van der Waals surface area contributed by atoms with Crippen LogP contribution >= 0.6 is 0 Å². The van der Waals surface area contributed by atoms with Gasteiger partial charge in [0, 0.05) is 22.1 Å². The molecule has 0 amide bonds. The van der Waals surface area contributed by atoms with E-state index in [9.17, 15) is 0 Å². The molecule has 2 nitrogen and oxygen atoms in total. The molecule has 0 bridgehead atoms. The van der Waals surface area contributed by atoms with E-state index >= 15 is 0 Å². The summed E-state index contributed by atoms with van der Waals surface area (Å²) < 4.78 is 0. The van der Waals surface area contributed by atoms with Crippen LogP contribution in [0.25, 0.3) is 55.8 Å². The van der Waals surface area contributed by atoms with Crippen molar-refractivity contribution in [2.45, 2.75) is 37.5 Å². The Morgan fingerprint density at radius 3 is 1.54 bits per heavy atom. The molecule has 222 valence electrons. The van der Waals surface area contributed by atoms with Gasteiger partial charge in [0.1, 0.15) is 0 Å². The van der Waals surface area contributed by atoms with Gasteiger partial charge < -0.3 is 0 Å². The predicted molar refractivity (Wildman–Crippen MR) is 192 cm³/mol. The predicted octanol–water partition coefficient (Wildman–Crippen LogP) is 11.5. The fourth-order valence-electron chi connectivity index (χ4n) is 7.37. The van der Waals surface area contributed by atoms with Crippen molar-refractivity contribution < 1.29 is 0 Å². The quantitative estimate of drug-likeness (QED) is 0.192. The highest BCUT2D eigenvalue weighted by atomic mass is 14.9. The minimum Gasteiger partial charge on any atom is -0.228 e. The number of benzene rings is 6. The van der Waals surface area contributed by atoms with E-state index in [1.165, 1.54) is 52.3 Å². The average molecular weight is 593 g/mol. The molecular weight excluding hydrogens is 556 g/mol. The topological polar surface area (TPSA) is 25.8 Å². The zero-order chi connectivity index (χ0) is 30.8. The smallest absolute Gasteiger partial charge is 0.160 e. The number of aromatic nitrogens is 2. The van der Waals surface area contributed by atoms with Crippen LogP contribution in [-0.4, -0.2) is 9.97 Å². The van der Waals surface area contributed by atoms with Crippen LogP contribution in [0.15, 0.2) is 158 Å². The van der Waals surface area contributed by atoms with Gasteiger partial charge in [-0.1, -0.05) is 171 Å². The molecule has 1 fully saturated rings. The van der Waals surface area contributed by atoms with Gasteiger partial charge in [-0.25, -0.2) is 9.97 Å². The summed E-state index contributed by atoms with van der Waals surface area (Å²) in [4.78, 5) is 10.1. The second kappa shape index (κ2) is 12.2. The standard InChI is InChI=1S/C44H36N2/c1-4-14-34(15-5-1)41-31-42(35-16-6-2-7-17-35)46-43(45-41)36-23-27-38(28-24-36)44(29-10-3-11-30-44)37-25-21-33(22-26-37)40-20-12-18-32-13-8-9-19-39(32)40/h1-2,4-9,12-28,31H,3,10-11,29-30H2. The van der Waals surface area contributed by atoms with Gasteiger partial charge in [-0.2, -0.15) is 0 Å². The van der Waals surface area contributed by atoms with Crippen LogP contribution in [0.2, 0.25) is 0 Å². The second-order valence-electron chi connectivity index (χ2n) is 12.5. The highest BCUT2D eigenvalue weighted by molar-refractivity contribution is 5.96. The van der Waals surface area contributed by atoms with Crippen LogP contribution in [0.3, 0.4) is 0 Å². The summed E-state index contributed by atoms with van der Waals surface area (Å²) in [7, 11) is 0. The van der Waals surface area contributed by atoms with Crippen LogP contribution in [0.1, 0.15) is 43.2 Å². The Morgan fingerprint density at radius 1 is 0.413 bits per heavy atom. The molecule has 46 heavy (non-hydrogen) atoms. The van der Waals surface area contributed by atoms with Gasteiger partial charge in [-0.15, -0.1) is 0 Å². The van der Waals surface area contributed by atoms with E-state index in [1.807, 2.05) is 12.1 Å². The molecule has 2 heteroatoms. The number of rotatable bonds is 6. The van der Waals surface area contributed by atoms with Crippen LogP contribution in [0.4, 0.5) is 0 Å². The fraction of sp³-hybridized carbons (Fsp3) is 0.136. The van der Waals surface area contributed by atoms with E-state index < -0.39 is 0 Å². The number of hydrogen-bond acceptors (Lipinski definition) is 2. The molecule has 1 heterocycles. The molecule has 0 radical (unpaired) electrons. The zero-order valence-corrected chi connectivity index (χ0v) is 25.9. The molecule has 0 aliphatic heterocycles. The molecule has 0 unspecified atom stereocenters. The molecule has 0 saturated heterocycles. The summed E-state index contributed by atoms with van der Waals surface area (Å²) >= 11 is 0. The zero-order valence-electron chi connectivity index (χ0n) is 25.9. The van der Waals surface area contributed by atoms with Crippen LogP contribution in [0.5, 0.6) is 0 Å². The lowest BCUT2D eigenvalue weighted by molar-refractivity contribution is 0.346. The number of hydrogen-bond donors (Lipinski definition) is 0. The third-order valence-electron chi connectivity index (χ3n) is 9.81. The van der Waals surface area contributed by atoms with Crippen molar-refractivity contribution in [2.24, 2.45) is 0 Å². The van der Waals surface area contributed by atoms with E-state index in [-0.39, 0.29) is 5.41 Å². The van der Waals surface area contributed by atoms with E-state index in [2.05, 4.69) is 146 Å². The molecule has 1 saturated carbocycles. The van der Waals surface area contributed by atoms with Gasteiger partial charge in [-0.3, -0.25) is 0 Å². The molecule has 0 atom stereocenters. The largest absolute Gasteiger partial charge is 0.228 e. The number of fused-ring (bicyclic) bond motifs is 1. The SMILES string of the molecule is c1ccc(-c2cc(-c3ccccc3)nc(-c3ccc(C4(c5ccc(-c6cccc7ccccc67)cc5)CCCCC4)cc3)n2)cc1. The Hall–Kier alpha value is -5.34. The molecule has 1 aromatic heterocycles. The van der Waals surface area contributed by atoms with Crippen LogP contribution < -0.4 is 0 Å². The van der Waals surface area contributed by atoms with Crippen molar-refractivity contribution in [3.05, 3.63) is 169 Å². The van der Waals surface area contributed by atoms with Crippen molar-refractivity contribution in [1.29, 1.82) is 0 Å². The van der Waals surface area contributed by atoms with Crippen LogP contribution in [-0.2, 0) is 5.41 Å². The maximum Gasteiger partial charge on any atom is 0.160 e. The highest BCUT2D eigenvalue weighted by Crippen LogP contribution is 2.46. The van der Waals surface area contributed by atoms with E-state index in [4.69, 9.17) is 9.97 Å².